The fraction of sp³-hybridized carbons (Fsp3) is 0.714. The number of aliphatic carboxylic acids is 1. The summed E-state index contributed by atoms with van der Waals surface area (Å²) in [6, 6.07) is 0. The summed E-state index contributed by atoms with van der Waals surface area (Å²) in [7, 11) is 0. The van der Waals surface area contributed by atoms with Gasteiger partial charge in [0, 0.05) is 0 Å². The normalized spacial score (nSPS) is 10.1. The molecule has 0 rings (SSSR count). The molecule has 0 saturated carbocycles. The fourth-order valence-corrected chi connectivity index (χ4v) is 0.549. The van der Waals surface area contributed by atoms with E-state index in [1.165, 1.54) is 0 Å². The number of carbonyl (C=O) groups is 1. The van der Waals surface area contributed by atoms with Gasteiger partial charge in [-0.1, -0.05) is 19.8 Å². The number of hydrogen-bond acceptors (Lipinski definition) is 1. The van der Waals surface area contributed by atoms with Crippen molar-refractivity contribution in [1.29, 1.82) is 0 Å². The fourth-order valence-electron chi connectivity index (χ4n) is 0.549. The van der Waals surface area contributed by atoms with Gasteiger partial charge in [0.05, 0.1) is 5.92 Å². The van der Waals surface area contributed by atoms with E-state index in [1.54, 1.807) is 6.92 Å². The molecule has 1 N–H and O–H groups in total. The molecule has 0 bridgehead atoms. The van der Waals surface area contributed by atoms with Crippen molar-refractivity contribution in [1.82, 2.24) is 0 Å². The topological polar surface area (TPSA) is 37.3 Å². The molecule has 0 fully saturated rings. The molecule has 1 radical (unpaired) electrons. The summed E-state index contributed by atoms with van der Waals surface area (Å²) in [5.41, 5.74) is 0. The van der Waals surface area contributed by atoms with E-state index in [0.717, 1.165) is 19.3 Å². The molecule has 53 valence electrons. The number of carboxylic acid groups (broad SMARTS) is 1. The van der Waals surface area contributed by atoms with Gasteiger partial charge in [-0.25, -0.2) is 0 Å². The molecule has 2 heteroatoms. The lowest BCUT2D eigenvalue weighted by molar-refractivity contribution is -0.135. The third-order valence-electron chi connectivity index (χ3n) is 1.27. The zero-order chi connectivity index (χ0) is 7.28. The predicted octanol–water partition coefficient (Wildman–Crippen LogP) is 1.86. The Bertz CT molecular complexity index is 88.9. The van der Waals surface area contributed by atoms with Crippen molar-refractivity contribution >= 4 is 5.97 Å². The molecule has 0 aliphatic carbocycles. The second-order valence-corrected chi connectivity index (χ2v) is 2.19. The van der Waals surface area contributed by atoms with Gasteiger partial charge in [0.2, 0.25) is 0 Å². The lowest BCUT2D eigenvalue weighted by atomic mass is 10.1. The van der Waals surface area contributed by atoms with Crippen molar-refractivity contribution in [3.05, 3.63) is 5.92 Å². The maximum atomic E-state index is 10.2. The van der Waals surface area contributed by atoms with Crippen molar-refractivity contribution in [3.63, 3.8) is 0 Å². The van der Waals surface area contributed by atoms with Gasteiger partial charge in [0.25, 0.3) is 0 Å². The van der Waals surface area contributed by atoms with Crippen molar-refractivity contribution in [3.8, 4) is 0 Å². The van der Waals surface area contributed by atoms with Crippen LogP contribution in [0.3, 0.4) is 0 Å². The molecular weight excluding hydrogens is 116 g/mol. The molecule has 9 heavy (non-hydrogen) atoms. The lowest BCUT2D eigenvalue weighted by Crippen LogP contribution is -2.06. The Balaban J connectivity index is 3.27. The highest BCUT2D eigenvalue weighted by molar-refractivity contribution is 5.81. The molecular formula is C7H13O2. The minimum absolute atomic E-state index is 0.567. The van der Waals surface area contributed by atoms with E-state index in [1.807, 2.05) is 0 Å². The van der Waals surface area contributed by atoms with Gasteiger partial charge in [-0.3, -0.25) is 4.79 Å². The van der Waals surface area contributed by atoms with Crippen molar-refractivity contribution < 1.29 is 9.90 Å². The number of hydrogen-bond donors (Lipinski definition) is 1. The molecule has 0 aliphatic rings. The summed E-state index contributed by atoms with van der Waals surface area (Å²) in [6.45, 7) is 3.72. The largest absolute Gasteiger partial charge is 0.481 e. The molecule has 0 aliphatic heterocycles. The molecule has 2 nitrogen and oxygen atoms in total. The van der Waals surface area contributed by atoms with Crippen LogP contribution < -0.4 is 0 Å². The highest BCUT2D eigenvalue weighted by atomic mass is 16.4. The van der Waals surface area contributed by atoms with Crippen LogP contribution >= 0.6 is 0 Å². The third-order valence-corrected chi connectivity index (χ3v) is 1.27. The van der Waals surface area contributed by atoms with Crippen molar-refractivity contribution in [2.75, 3.05) is 0 Å². The summed E-state index contributed by atoms with van der Waals surface area (Å²) in [5.74, 6) is -0.194. The predicted molar refractivity (Wildman–Crippen MR) is 36.1 cm³/mol. The number of rotatable bonds is 4. The Morgan fingerprint density at radius 2 is 2.11 bits per heavy atom. The molecule has 0 aromatic rings. The Kier molecular flexibility index (Phi) is 4.10. The third kappa shape index (κ3) is 4.01. The summed E-state index contributed by atoms with van der Waals surface area (Å²) < 4.78 is 0. The zero-order valence-corrected chi connectivity index (χ0v) is 5.98. The van der Waals surface area contributed by atoms with E-state index in [4.69, 9.17) is 5.11 Å². The number of carboxylic acids is 1. The van der Waals surface area contributed by atoms with Crippen LogP contribution in [0.5, 0.6) is 0 Å². The smallest absolute Gasteiger partial charge is 0.310 e. The van der Waals surface area contributed by atoms with Crippen LogP contribution in [0.4, 0.5) is 0 Å². The summed E-state index contributed by atoms with van der Waals surface area (Å²) in [4.78, 5) is 10.2. The number of unbranched alkanes of at least 4 members (excludes halogenated alkanes) is 1. The summed E-state index contributed by atoms with van der Waals surface area (Å²) >= 11 is 0. The highest BCUT2D eigenvalue weighted by Crippen LogP contribution is 2.08. The lowest BCUT2D eigenvalue weighted by Gasteiger charge is -2.01. The molecule has 0 saturated heterocycles. The first-order chi connectivity index (χ1) is 4.18. The van der Waals surface area contributed by atoms with Gasteiger partial charge < -0.3 is 5.11 Å². The standard InChI is InChI=1S/C7H13O2/c1-3-4-5-6(2)7(8)9/h3-5H2,1-2H3,(H,8,9). The van der Waals surface area contributed by atoms with Crippen LogP contribution in [0.2, 0.25) is 0 Å². The second-order valence-electron chi connectivity index (χ2n) is 2.19. The molecule has 0 aromatic heterocycles. The van der Waals surface area contributed by atoms with Crippen LogP contribution in [0.15, 0.2) is 0 Å². The summed E-state index contributed by atoms with van der Waals surface area (Å²) in [6.07, 6.45) is 2.77. The van der Waals surface area contributed by atoms with E-state index < -0.39 is 5.97 Å². The monoisotopic (exact) mass is 129 g/mol. The SMILES string of the molecule is CCCC[C](C)C(=O)O. The first-order valence-corrected chi connectivity index (χ1v) is 3.24. The molecule has 0 atom stereocenters. The van der Waals surface area contributed by atoms with Crippen LogP contribution in [0.25, 0.3) is 0 Å². The zero-order valence-electron chi connectivity index (χ0n) is 5.98. The quantitative estimate of drug-likeness (QED) is 0.629. The Morgan fingerprint density at radius 3 is 2.44 bits per heavy atom. The Hall–Kier alpha value is -0.530. The van der Waals surface area contributed by atoms with Gasteiger partial charge >= 0.3 is 5.97 Å². The maximum absolute atomic E-state index is 10.2. The van der Waals surface area contributed by atoms with Gasteiger partial charge in [0.15, 0.2) is 0 Å². The highest BCUT2D eigenvalue weighted by Gasteiger charge is 2.09. The average molecular weight is 129 g/mol. The first kappa shape index (κ1) is 8.47. The van der Waals surface area contributed by atoms with Gasteiger partial charge in [0.1, 0.15) is 0 Å². The van der Waals surface area contributed by atoms with E-state index in [0.29, 0.717) is 5.92 Å². The van der Waals surface area contributed by atoms with E-state index in [2.05, 4.69) is 6.92 Å². The molecule has 0 spiro atoms. The van der Waals surface area contributed by atoms with Crippen molar-refractivity contribution in [2.45, 2.75) is 33.1 Å². The summed E-state index contributed by atoms with van der Waals surface area (Å²) in [5, 5.41) is 8.37. The van der Waals surface area contributed by atoms with Gasteiger partial charge in [-0.2, -0.15) is 0 Å². The average Bonchev–Trinajstić information content (AvgIpc) is 1.82. The molecule has 0 aromatic carbocycles. The van der Waals surface area contributed by atoms with E-state index in [-0.39, 0.29) is 0 Å². The Morgan fingerprint density at radius 1 is 1.56 bits per heavy atom. The first-order valence-electron chi connectivity index (χ1n) is 3.24. The van der Waals surface area contributed by atoms with Crippen LogP contribution in [-0.2, 0) is 4.79 Å². The van der Waals surface area contributed by atoms with Crippen LogP contribution in [0.1, 0.15) is 33.1 Å². The van der Waals surface area contributed by atoms with E-state index >= 15 is 0 Å². The minimum Gasteiger partial charge on any atom is -0.481 e. The second kappa shape index (κ2) is 4.36. The molecule has 0 amide bonds. The van der Waals surface area contributed by atoms with E-state index in [9.17, 15) is 4.79 Å². The molecule has 0 unspecified atom stereocenters. The van der Waals surface area contributed by atoms with Crippen LogP contribution in [-0.4, -0.2) is 11.1 Å². The van der Waals surface area contributed by atoms with Crippen LogP contribution in [0, 0.1) is 5.92 Å². The van der Waals surface area contributed by atoms with Crippen molar-refractivity contribution in [2.24, 2.45) is 0 Å². The van der Waals surface area contributed by atoms with Gasteiger partial charge in [-0.05, 0) is 13.3 Å². The molecule has 0 heterocycles. The minimum atomic E-state index is -0.761. The van der Waals surface area contributed by atoms with Gasteiger partial charge in [-0.15, -0.1) is 0 Å². The Labute approximate surface area is 55.9 Å². The maximum Gasteiger partial charge on any atom is 0.310 e.